The normalized spacial score (nSPS) is 19.2. The van der Waals surface area contributed by atoms with E-state index in [0.29, 0.717) is 22.6 Å². The van der Waals surface area contributed by atoms with Crippen LogP contribution < -0.4 is 0 Å². The number of halogens is 2. The number of nitrogens with zero attached hydrogens (tertiary/aromatic N) is 2. The third-order valence-electron chi connectivity index (χ3n) is 5.41. The summed E-state index contributed by atoms with van der Waals surface area (Å²) in [7, 11) is 0. The van der Waals surface area contributed by atoms with Gasteiger partial charge in [0, 0.05) is 30.1 Å². The third kappa shape index (κ3) is 3.79. The maximum atomic E-state index is 6.41. The molecule has 0 unspecified atom stereocenters. The first-order valence-electron chi connectivity index (χ1n) is 9.44. The summed E-state index contributed by atoms with van der Waals surface area (Å²) in [5.74, 6) is 1.40. The quantitative estimate of drug-likeness (QED) is 0.645. The summed E-state index contributed by atoms with van der Waals surface area (Å²) in [6, 6.07) is 5.51. The van der Waals surface area contributed by atoms with E-state index in [1.54, 1.807) is 0 Å². The Morgan fingerprint density at radius 1 is 1.15 bits per heavy atom. The van der Waals surface area contributed by atoms with Crippen LogP contribution in [0.25, 0.3) is 11.3 Å². The number of likely N-dealkylation sites (tertiary alicyclic amines) is 1. The zero-order valence-corrected chi connectivity index (χ0v) is 16.5. The first-order valence-corrected chi connectivity index (χ1v) is 10.2. The highest BCUT2D eigenvalue weighted by molar-refractivity contribution is 6.39. The molecule has 2 heterocycles. The molecule has 26 heavy (non-hydrogen) atoms. The number of aromatic nitrogens is 1. The Kier molecular flexibility index (Phi) is 5.55. The van der Waals surface area contributed by atoms with Gasteiger partial charge in [-0.2, -0.15) is 0 Å². The molecular formula is C20H24Cl2N2O2. The molecule has 1 aromatic heterocycles. The molecule has 1 aliphatic heterocycles. The summed E-state index contributed by atoms with van der Waals surface area (Å²) < 4.78 is 12.0. The Morgan fingerprint density at radius 3 is 2.46 bits per heavy atom. The number of hydrogen-bond acceptors (Lipinski definition) is 4. The highest BCUT2D eigenvalue weighted by atomic mass is 35.5. The van der Waals surface area contributed by atoms with E-state index in [2.05, 4.69) is 17.0 Å². The molecular weight excluding hydrogens is 371 g/mol. The van der Waals surface area contributed by atoms with Gasteiger partial charge in [-0.15, -0.1) is 0 Å². The predicted octanol–water partition coefficient (Wildman–Crippen LogP) is 5.53. The fourth-order valence-electron chi connectivity index (χ4n) is 3.64. The first kappa shape index (κ1) is 18.3. The molecule has 140 valence electrons. The molecule has 0 N–H and O–H groups in total. The number of benzene rings is 1. The summed E-state index contributed by atoms with van der Waals surface area (Å²) in [6.45, 7) is 6.02. The second-order valence-electron chi connectivity index (χ2n) is 7.19. The fourth-order valence-corrected chi connectivity index (χ4v) is 4.22. The molecule has 2 fully saturated rings. The molecule has 1 saturated heterocycles. The third-order valence-corrected chi connectivity index (χ3v) is 6.04. The molecule has 2 aromatic rings. The Hall–Kier alpha value is -1.07. The lowest BCUT2D eigenvalue weighted by Crippen LogP contribution is -2.36. The Bertz CT molecular complexity index is 745. The van der Waals surface area contributed by atoms with E-state index >= 15 is 0 Å². The topological polar surface area (TPSA) is 38.5 Å². The average molecular weight is 395 g/mol. The van der Waals surface area contributed by atoms with Gasteiger partial charge < -0.3 is 14.2 Å². The minimum Gasteiger partial charge on any atom is -0.373 e. The highest BCUT2D eigenvalue weighted by Gasteiger charge is 2.34. The minimum absolute atomic E-state index is 0.286. The van der Waals surface area contributed by atoms with Gasteiger partial charge in [0.1, 0.15) is 11.5 Å². The van der Waals surface area contributed by atoms with E-state index in [1.807, 2.05) is 18.2 Å². The second-order valence-corrected chi connectivity index (χ2v) is 8.00. The van der Waals surface area contributed by atoms with E-state index < -0.39 is 0 Å². The van der Waals surface area contributed by atoms with Crippen molar-refractivity contribution in [2.75, 3.05) is 19.6 Å². The number of ether oxygens (including phenoxy) is 1. The largest absolute Gasteiger partial charge is 0.373 e. The van der Waals surface area contributed by atoms with Gasteiger partial charge >= 0.3 is 0 Å². The highest BCUT2D eigenvalue weighted by Crippen LogP contribution is 2.46. The summed E-state index contributed by atoms with van der Waals surface area (Å²) in [6.07, 6.45) is 4.72. The van der Waals surface area contributed by atoms with Crippen LogP contribution in [-0.4, -0.2) is 35.8 Å². The fraction of sp³-hybridized carbons (Fsp3) is 0.550. The second kappa shape index (κ2) is 7.89. The molecule has 0 atom stereocenters. The average Bonchev–Trinajstić information content (AvgIpc) is 3.41. The molecule has 0 radical (unpaired) electrons. The lowest BCUT2D eigenvalue weighted by molar-refractivity contribution is -0.00180. The molecule has 1 saturated carbocycles. The molecule has 1 aromatic carbocycles. The molecule has 4 rings (SSSR count). The van der Waals surface area contributed by atoms with Gasteiger partial charge in [0.15, 0.2) is 0 Å². The van der Waals surface area contributed by atoms with E-state index in [0.717, 1.165) is 67.9 Å². The van der Waals surface area contributed by atoms with Crippen molar-refractivity contribution in [1.29, 1.82) is 0 Å². The van der Waals surface area contributed by atoms with Crippen molar-refractivity contribution in [3.8, 4) is 11.3 Å². The van der Waals surface area contributed by atoms with E-state index in [-0.39, 0.29) is 6.10 Å². The van der Waals surface area contributed by atoms with Gasteiger partial charge in [0.25, 0.3) is 0 Å². The Morgan fingerprint density at radius 2 is 1.85 bits per heavy atom. The van der Waals surface area contributed by atoms with Crippen LogP contribution in [-0.2, 0) is 11.3 Å². The standard InChI is InChI=1S/C20H24Cl2N2O2/c1-2-24-10-8-14(9-11-24)25-12-15-19(23-26-20(15)13-6-7-13)18-16(21)4-3-5-17(18)22/h3-5,13-14H,2,6-12H2,1H3. The van der Waals surface area contributed by atoms with Crippen molar-refractivity contribution in [2.45, 2.75) is 51.2 Å². The van der Waals surface area contributed by atoms with Gasteiger partial charge in [-0.3, -0.25) is 0 Å². The number of hydrogen-bond donors (Lipinski definition) is 0. The summed E-state index contributed by atoms with van der Waals surface area (Å²) in [5, 5.41) is 5.50. The Balaban J connectivity index is 1.56. The van der Waals surface area contributed by atoms with Gasteiger partial charge in [-0.1, -0.05) is 41.3 Å². The van der Waals surface area contributed by atoms with Crippen molar-refractivity contribution >= 4 is 23.2 Å². The van der Waals surface area contributed by atoms with Gasteiger partial charge in [-0.25, -0.2) is 0 Å². The van der Waals surface area contributed by atoms with E-state index in [1.165, 1.54) is 0 Å². The molecule has 0 bridgehead atoms. The molecule has 4 nitrogen and oxygen atoms in total. The minimum atomic E-state index is 0.286. The Labute approximate surface area is 164 Å². The lowest BCUT2D eigenvalue weighted by atomic mass is 10.0. The van der Waals surface area contributed by atoms with Crippen LogP contribution >= 0.6 is 23.2 Å². The van der Waals surface area contributed by atoms with Crippen LogP contribution in [0.3, 0.4) is 0 Å². The van der Waals surface area contributed by atoms with Crippen molar-refractivity contribution < 1.29 is 9.26 Å². The molecule has 2 aliphatic rings. The van der Waals surface area contributed by atoms with Gasteiger partial charge in [-0.05, 0) is 44.4 Å². The van der Waals surface area contributed by atoms with Gasteiger partial charge in [0.2, 0.25) is 0 Å². The predicted molar refractivity (Wildman–Crippen MR) is 104 cm³/mol. The smallest absolute Gasteiger partial charge is 0.145 e. The van der Waals surface area contributed by atoms with Crippen LogP contribution in [0.5, 0.6) is 0 Å². The monoisotopic (exact) mass is 394 g/mol. The zero-order chi connectivity index (χ0) is 18.1. The maximum Gasteiger partial charge on any atom is 0.145 e. The van der Waals surface area contributed by atoms with Crippen molar-refractivity contribution in [3.63, 3.8) is 0 Å². The van der Waals surface area contributed by atoms with Crippen LogP contribution in [0.4, 0.5) is 0 Å². The number of piperidine rings is 1. The SMILES string of the molecule is CCN1CCC(OCc2c(-c3c(Cl)cccc3Cl)noc2C2CC2)CC1. The molecule has 6 heteroatoms. The van der Waals surface area contributed by atoms with Crippen LogP contribution in [0.2, 0.25) is 10.0 Å². The van der Waals surface area contributed by atoms with E-state index in [4.69, 9.17) is 32.5 Å². The number of rotatable bonds is 6. The van der Waals surface area contributed by atoms with Gasteiger partial charge in [0.05, 0.1) is 22.8 Å². The van der Waals surface area contributed by atoms with Crippen molar-refractivity contribution in [2.24, 2.45) is 0 Å². The first-order chi connectivity index (χ1) is 12.7. The van der Waals surface area contributed by atoms with Crippen LogP contribution in [0.1, 0.15) is 49.8 Å². The molecule has 0 amide bonds. The van der Waals surface area contributed by atoms with Crippen molar-refractivity contribution in [1.82, 2.24) is 10.1 Å². The lowest BCUT2D eigenvalue weighted by Gasteiger charge is -2.30. The summed E-state index contributed by atoms with van der Waals surface area (Å²) in [5.41, 5.74) is 2.49. The molecule has 0 spiro atoms. The summed E-state index contributed by atoms with van der Waals surface area (Å²) in [4.78, 5) is 2.46. The maximum absolute atomic E-state index is 6.41. The van der Waals surface area contributed by atoms with Crippen LogP contribution in [0, 0.1) is 0 Å². The zero-order valence-electron chi connectivity index (χ0n) is 15.0. The van der Waals surface area contributed by atoms with E-state index in [9.17, 15) is 0 Å². The molecule has 1 aliphatic carbocycles. The summed E-state index contributed by atoms with van der Waals surface area (Å²) >= 11 is 12.8. The van der Waals surface area contributed by atoms with Crippen molar-refractivity contribution in [3.05, 3.63) is 39.6 Å². The van der Waals surface area contributed by atoms with Crippen LogP contribution in [0.15, 0.2) is 22.7 Å².